The van der Waals surface area contributed by atoms with Crippen LogP contribution in [-0.4, -0.2) is 11.1 Å². The van der Waals surface area contributed by atoms with Crippen LogP contribution in [0, 0.1) is 0 Å². The average Bonchev–Trinajstić information content (AvgIpc) is 2.39. The molecule has 2 aromatic rings. The van der Waals surface area contributed by atoms with Crippen molar-refractivity contribution in [1.29, 1.82) is 0 Å². The van der Waals surface area contributed by atoms with Gasteiger partial charge < -0.3 is 9.84 Å². The number of aromatic hydroxyl groups is 1. The van der Waals surface area contributed by atoms with E-state index in [1.54, 1.807) is 24.3 Å². The maximum absolute atomic E-state index is 12.1. The van der Waals surface area contributed by atoms with E-state index in [2.05, 4.69) is 0 Å². The molecule has 2 aromatic carbocycles. The second-order valence-electron chi connectivity index (χ2n) is 4.97. The van der Waals surface area contributed by atoms with Crippen molar-refractivity contribution in [2.24, 2.45) is 0 Å². The molecule has 3 heteroatoms. The van der Waals surface area contributed by atoms with Gasteiger partial charge in [-0.25, -0.2) is 4.79 Å². The highest BCUT2D eigenvalue weighted by Crippen LogP contribution is 2.39. The number of carbonyl (C=O) groups excluding carboxylic acids is 1. The standard InChI is InChI=1S/C16H14O3/c1-16(13-8-4-5-9-14(13)17)10-11-6-2-3-7-12(11)15(18)19-16/h2-9,17H,10H2,1H3. The van der Waals surface area contributed by atoms with E-state index < -0.39 is 5.60 Å². The fourth-order valence-electron chi connectivity index (χ4n) is 2.60. The Morgan fingerprint density at radius 3 is 2.58 bits per heavy atom. The summed E-state index contributed by atoms with van der Waals surface area (Å²) in [7, 11) is 0. The minimum absolute atomic E-state index is 0.150. The Bertz CT molecular complexity index is 648. The number of phenolic OH excluding ortho intramolecular Hbond substituents is 1. The molecule has 0 radical (unpaired) electrons. The summed E-state index contributed by atoms with van der Waals surface area (Å²) in [6.45, 7) is 1.83. The topological polar surface area (TPSA) is 46.5 Å². The predicted octanol–water partition coefficient (Wildman–Crippen LogP) is 3.02. The maximum atomic E-state index is 12.1. The van der Waals surface area contributed by atoms with Gasteiger partial charge in [-0.05, 0) is 24.6 Å². The quantitative estimate of drug-likeness (QED) is 0.796. The molecule has 0 saturated heterocycles. The van der Waals surface area contributed by atoms with Gasteiger partial charge in [-0.1, -0.05) is 36.4 Å². The molecule has 1 unspecified atom stereocenters. The number of ether oxygens (including phenoxy) is 1. The third-order valence-corrected chi connectivity index (χ3v) is 3.56. The fraction of sp³-hybridized carbons (Fsp3) is 0.188. The van der Waals surface area contributed by atoms with Gasteiger partial charge in [0.05, 0.1) is 5.56 Å². The third kappa shape index (κ3) is 1.87. The number of benzene rings is 2. The Labute approximate surface area is 111 Å². The Kier molecular flexibility index (Phi) is 2.56. The summed E-state index contributed by atoms with van der Waals surface area (Å²) >= 11 is 0. The number of para-hydroxylation sites is 1. The van der Waals surface area contributed by atoms with Gasteiger partial charge in [-0.2, -0.15) is 0 Å². The molecule has 3 nitrogen and oxygen atoms in total. The number of hydrogen-bond acceptors (Lipinski definition) is 3. The van der Waals surface area contributed by atoms with Gasteiger partial charge in [-0.15, -0.1) is 0 Å². The van der Waals surface area contributed by atoms with Crippen LogP contribution in [0.4, 0.5) is 0 Å². The van der Waals surface area contributed by atoms with Gasteiger partial charge >= 0.3 is 5.97 Å². The molecule has 0 aromatic heterocycles. The maximum Gasteiger partial charge on any atom is 0.339 e. The monoisotopic (exact) mass is 254 g/mol. The molecule has 1 heterocycles. The van der Waals surface area contributed by atoms with Crippen LogP contribution in [0.5, 0.6) is 5.75 Å². The van der Waals surface area contributed by atoms with Gasteiger partial charge in [-0.3, -0.25) is 0 Å². The molecule has 0 aliphatic carbocycles. The SMILES string of the molecule is CC1(c2ccccc2O)Cc2ccccc2C(=O)O1. The highest BCUT2D eigenvalue weighted by atomic mass is 16.6. The molecule has 96 valence electrons. The molecule has 0 bridgehead atoms. The van der Waals surface area contributed by atoms with Crippen LogP contribution >= 0.6 is 0 Å². The molecular formula is C16H14O3. The zero-order valence-electron chi connectivity index (χ0n) is 10.6. The van der Waals surface area contributed by atoms with Crippen molar-refractivity contribution in [3.63, 3.8) is 0 Å². The number of rotatable bonds is 1. The number of hydrogen-bond donors (Lipinski definition) is 1. The lowest BCUT2D eigenvalue weighted by atomic mass is 9.84. The molecule has 0 amide bonds. The lowest BCUT2D eigenvalue weighted by Crippen LogP contribution is -2.36. The van der Waals surface area contributed by atoms with E-state index in [-0.39, 0.29) is 11.7 Å². The fourth-order valence-corrected chi connectivity index (χ4v) is 2.60. The Morgan fingerprint density at radius 2 is 1.79 bits per heavy atom. The van der Waals surface area contributed by atoms with Gasteiger partial charge in [0.2, 0.25) is 0 Å². The first-order chi connectivity index (χ1) is 9.10. The first kappa shape index (κ1) is 11.8. The zero-order valence-corrected chi connectivity index (χ0v) is 10.6. The minimum Gasteiger partial charge on any atom is -0.508 e. The average molecular weight is 254 g/mol. The van der Waals surface area contributed by atoms with Crippen LogP contribution in [0.25, 0.3) is 0 Å². The van der Waals surface area contributed by atoms with Crippen molar-refractivity contribution in [2.75, 3.05) is 0 Å². The van der Waals surface area contributed by atoms with Crippen molar-refractivity contribution in [2.45, 2.75) is 18.9 Å². The van der Waals surface area contributed by atoms with Crippen LogP contribution in [0.3, 0.4) is 0 Å². The van der Waals surface area contributed by atoms with Crippen molar-refractivity contribution in [3.05, 3.63) is 65.2 Å². The van der Waals surface area contributed by atoms with E-state index in [0.29, 0.717) is 17.5 Å². The zero-order chi connectivity index (χ0) is 13.5. The number of phenols is 1. The molecule has 19 heavy (non-hydrogen) atoms. The van der Waals surface area contributed by atoms with E-state index in [1.807, 2.05) is 31.2 Å². The summed E-state index contributed by atoms with van der Waals surface area (Å²) in [5.41, 5.74) is 1.37. The van der Waals surface area contributed by atoms with Gasteiger partial charge in [0, 0.05) is 12.0 Å². The number of cyclic esters (lactones) is 1. The molecule has 3 rings (SSSR count). The van der Waals surface area contributed by atoms with Crippen molar-refractivity contribution < 1.29 is 14.6 Å². The third-order valence-electron chi connectivity index (χ3n) is 3.56. The van der Waals surface area contributed by atoms with Crippen LogP contribution < -0.4 is 0 Å². The molecular weight excluding hydrogens is 240 g/mol. The molecule has 1 aliphatic rings. The van der Waals surface area contributed by atoms with Crippen molar-refractivity contribution in [1.82, 2.24) is 0 Å². The smallest absolute Gasteiger partial charge is 0.339 e. The number of carbonyl (C=O) groups is 1. The number of fused-ring (bicyclic) bond motifs is 1. The lowest BCUT2D eigenvalue weighted by molar-refractivity contribution is -0.0190. The largest absolute Gasteiger partial charge is 0.508 e. The van der Waals surface area contributed by atoms with E-state index in [1.165, 1.54) is 0 Å². The number of esters is 1. The van der Waals surface area contributed by atoms with Crippen LogP contribution in [-0.2, 0) is 16.8 Å². The van der Waals surface area contributed by atoms with Crippen molar-refractivity contribution >= 4 is 5.97 Å². The molecule has 0 saturated carbocycles. The second kappa shape index (κ2) is 4.12. The predicted molar refractivity (Wildman–Crippen MR) is 71.0 cm³/mol. The Hall–Kier alpha value is -2.29. The summed E-state index contributed by atoms with van der Waals surface area (Å²) in [4.78, 5) is 12.1. The van der Waals surface area contributed by atoms with E-state index in [9.17, 15) is 9.90 Å². The van der Waals surface area contributed by atoms with Crippen LogP contribution in [0.1, 0.15) is 28.4 Å². The van der Waals surface area contributed by atoms with Gasteiger partial charge in [0.1, 0.15) is 11.4 Å². The summed E-state index contributed by atoms with van der Waals surface area (Å²) in [5, 5.41) is 9.97. The van der Waals surface area contributed by atoms with Gasteiger partial charge in [0.25, 0.3) is 0 Å². The summed E-state index contributed by atoms with van der Waals surface area (Å²) in [5.74, 6) is -0.190. The molecule has 0 spiro atoms. The summed E-state index contributed by atoms with van der Waals surface area (Å²) in [6, 6.07) is 14.4. The highest BCUT2D eigenvalue weighted by Gasteiger charge is 2.39. The molecule has 1 atom stereocenters. The highest BCUT2D eigenvalue weighted by molar-refractivity contribution is 5.92. The molecule has 1 N–H and O–H groups in total. The summed E-state index contributed by atoms with van der Waals surface area (Å²) < 4.78 is 5.57. The van der Waals surface area contributed by atoms with E-state index in [4.69, 9.17) is 4.74 Å². The van der Waals surface area contributed by atoms with Crippen molar-refractivity contribution in [3.8, 4) is 5.75 Å². The molecule has 0 fully saturated rings. The summed E-state index contributed by atoms with van der Waals surface area (Å²) in [6.07, 6.45) is 0.562. The van der Waals surface area contributed by atoms with Crippen LogP contribution in [0.2, 0.25) is 0 Å². The first-order valence-electron chi connectivity index (χ1n) is 6.20. The van der Waals surface area contributed by atoms with Crippen LogP contribution in [0.15, 0.2) is 48.5 Å². The second-order valence-corrected chi connectivity index (χ2v) is 4.97. The van der Waals surface area contributed by atoms with E-state index in [0.717, 1.165) is 5.56 Å². The Morgan fingerprint density at radius 1 is 1.11 bits per heavy atom. The van der Waals surface area contributed by atoms with E-state index >= 15 is 0 Å². The first-order valence-corrected chi connectivity index (χ1v) is 6.20. The Balaban J connectivity index is 2.09. The van der Waals surface area contributed by atoms with Gasteiger partial charge in [0.15, 0.2) is 0 Å². The molecule has 1 aliphatic heterocycles. The normalized spacial score (nSPS) is 21.6. The minimum atomic E-state index is -0.823. The lowest BCUT2D eigenvalue weighted by Gasteiger charge is -2.35.